The molecule has 1 unspecified atom stereocenters. The van der Waals surface area contributed by atoms with Gasteiger partial charge in [0.1, 0.15) is 5.60 Å². The van der Waals surface area contributed by atoms with E-state index in [2.05, 4.69) is 0 Å². The van der Waals surface area contributed by atoms with Crippen LogP contribution in [-0.4, -0.2) is 18.6 Å². The minimum atomic E-state index is -0.825. The quantitative estimate of drug-likeness (QED) is 0.624. The molecule has 0 saturated heterocycles. The number of nitrogens with zero attached hydrogens (tertiary/aromatic N) is 1. The number of para-hydroxylation sites is 1. The normalized spacial score (nSPS) is 14.5. The largest absolute Gasteiger partial charge is 0.372 e. The van der Waals surface area contributed by atoms with Gasteiger partial charge in [-0.2, -0.15) is 0 Å². The van der Waals surface area contributed by atoms with E-state index in [4.69, 9.17) is 10.5 Å². The van der Waals surface area contributed by atoms with Gasteiger partial charge in [0.05, 0.1) is 10.5 Å². The monoisotopic (exact) mass is 224 g/mol. The molecule has 1 aromatic carbocycles. The maximum Gasteiger partial charge on any atom is 0.278 e. The van der Waals surface area contributed by atoms with Crippen molar-refractivity contribution in [3.05, 3.63) is 39.4 Å². The van der Waals surface area contributed by atoms with Gasteiger partial charge >= 0.3 is 0 Å². The van der Waals surface area contributed by atoms with Crippen LogP contribution in [0.3, 0.4) is 0 Å². The van der Waals surface area contributed by atoms with Crippen LogP contribution in [0.5, 0.6) is 0 Å². The van der Waals surface area contributed by atoms with Crippen LogP contribution in [0, 0.1) is 17.0 Å². The highest BCUT2D eigenvalue weighted by atomic mass is 16.6. The van der Waals surface area contributed by atoms with Gasteiger partial charge in [0.2, 0.25) is 0 Å². The summed E-state index contributed by atoms with van der Waals surface area (Å²) in [6.45, 7) is 3.64. The molecule has 5 heteroatoms. The van der Waals surface area contributed by atoms with Crippen LogP contribution >= 0.6 is 0 Å². The minimum absolute atomic E-state index is 0.0808. The molecule has 0 aromatic heterocycles. The number of rotatable bonds is 4. The van der Waals surface area contributed by atoms with Crippen molar-refractivity contribution >= 4 is 5.69 Å². The molecule has 0 spiro atoms. The number of benzene rings is 1. The molecule has 1 aromatic rings. The van der Waals surface area contributed by atoms with E-state index in [0.29, 0.717) is 11.1 Å². The number of hydrogen-bond donors (Lipinski definition) is 1. The van der Waals surface area contributed by atoms with Gasteiger partial charge in [0.15, 0.2) is 0 Å². The number of aryl methyl sites for hydroxylation is 1. The Morgan fingerprint density at radius 1 is 1.56 bits per heavy atom. The SMILES string of the molecule is COC(C)(CN)c1cccc(C)c1[N+](=O)[O-]. The molecule has 1 atom stereocenters. The van der Waals surface area contributed by atoms with Gasteiger partial charge in [-0.15, -0.1) is 0 Å². The zero-order valence-corrected chi connectivity index (χ0v) is 9.69. The molecule has 0 bridgehead atoms. The van der Waals surface area contributed by atoms with Crippen molar-refractivity contribution < 1.29 is 9.66 Å². The van der Waals surface area contributed by atoms with Gasteiger partial charge in [-0.05, 0) is 19.9 Å². The lowest BCUT2D eigenvalue weighted by Crippen LogP contribution is -2.34. The van der Waals surface area contributed by atoms with Crippen LogP contribution in [-0.2, 0) is 10.3 Å². The third-order valence-electron chi connectivity index (χ3n) is 2.83. The molecular formula is C11H16N2O3. The second kappa shape index (κ2) is 4.59. The van der Waals surface area contributed by atoms with E-state index in [-0.39, 0.29) is 12.2 Å². The zero-order chi connectivity index (χ0) is 12.3. The molecule has 2 N–H and O–H groups in total. The van der Waals surface area contributed by atoms with Crippen molar-refractivity contribution in [3.8, 4) is 0 Å². The summed E-state index contributed by atoms with van der Waals surface area (Å²) in [5.74, 6) is 0. The molecule has 5 nitrogen and oxygen atoms in total. The summed E-state index contributed by atoms with van der Waals surface area (Å²) in [5.41, 5.74) is 6.00. The van der Waals surface area contributed by atoms with Crippen molar-refractivity contribution in [1.29, 1.82) is 0 Å². The molecule has 0 radical (unpaired) electrons. The first-order valence-corrected chi connectivity index (χ1v) is 4.96. The Balaban J connectivity index is 3.44. The Kier molecular flexibility index (Phi) is 3.62. The number of hydrogen-bond acceptors (Lipinski definition) is 4. The molecule has 1 rings (SSSR count). The summed E-state index contributed by atoms with van der Waals surface area (Å²) in [4.78, 5) is 10.6. The molecule has 88 valence electrons. The average molecular weight is 224 g/mol. The minimum Gasteiger partial charge on any atom is -0.372 e. The second-order valence-corrected chi connectivity index (χ2v) is 3.87. The van der Waals surface area contributed by atoms with Gasteiger partial charge in [-0.25, -0.2) is 0 Å². The van der Waals surface area contributed by atoms with Crippen molar-refractivity contribution in [2.45, 2.75) is 19.4 Å². The van der Waals surface area contributed by atoms with E-state index in [1.54, 1.807) is 32.0 Å². The highest BCUT2D eigenvalue weighted by Crippen LogP contribution is 2.33. The lowest BCUT2D eigenvalue weighted by Gasteiger charge is -2.26. The fourth-order valence-electron chi connectivity index (χ4n) is 1.63. The summed E-state index contributed by atoms with van der Waals surface area (Å²) in [6.07, 6.45) is 0. The third kappa shape index (κ3) is 2.05. The first kappa shape index (κ1) is 12.6. The lowest BCUT2D eigenvalue weighted by molar-refractivity contribution is -0.387. The standard InChI is InChI=1S/C11H16N2O3/c1-8-5-4-6-9(10(8)13(14)15)11(2,7-12)16-3/h4-6H,7,12H2,1-3H3. The fourth-order valence-corrected chi connectivity index (χ4v) is 1.63. The number of methoxy groups -OCH3 is 1. The first-order valence-electron chi connectivity index (χ1n) is 4.96. The van der Waals surface area contributed by atoms with Crippen LogP contribution in [0.4, 0.5) is 5.69 Å². The number of ether oxygens (including phenoxy) is 1. The van der Waals surface area contributed by atoms with E-state index in [0.717, 1.165) is 0 Å². The molecule has 0 fully saturated rings. The van der Waals surface area contributed by atoms with Crippen LogP contribution in [0.1, 0.15) is 18.1 Å². The van der Waals surface area contributed by atoms with Crippen LogP contribution in [0.25, 0.3) is 0 Å². The number of nitrogens with two attached hydrogens (primary N) is 1. The van der Waals surface area contributed by atoms with Gasteiger partial charge in [0.25, 0.3) is 5.69 Å². The highest BCUT2D eigenvalue weighted by molar-refractivity contribution is 5.50. The maximum atomic E-state index is 11.0. The Labute approximate surface area is 94.4 Å². The summed E-state index contributed by atoms with van der Waals surface area (Å²) in [6, 6.07) is 5.15. The zero-order valence-electron chi connectivity index (χ0n) is 9.69. The fraction of sp³-hybridized carbons (Fsp3) is 0.455. The van der Waals surface area contributed by atoms with Gasteiger partial charge in [-0.3, -0.25) is 10.1 Å². The molecule has 0 aliphatic rings. The summed E-state index contributed by atoms with van der Waals surface area (Å²) >= 11 is 0. The molecule has 0 aliphatic carbocycles. The second-order valence-electron chi connectivity index (χ2n) is 3.87. The number of nitro groups is 1. The average Bonchev–Trinajstić information content (AvgIpc) is 2.27. The predicted octanol–water partition coefficient (Wildman–Crippen LogP) is 1.72. The maximum absolute atomic E-state index is 11.0. The smallest absolute Gasteiger partial charge is 0.278 e. The summed E-state index contributed by atoms with van der Waals surface area (Å²) < 4.78 is 5.29. The predicted molar refractivity (Wildman–Crippen MR) is 61.2 cm³/mol. The van der Waals surface area contributed by atoms with Crippen molar-refractivity contribution in [3.63, 3.8) is 0 Å². The molecule has 0 heterocycles. The van der Waals surface area contributed by atoms with Crippen molar-refractivity contribution in [2.24, 2.45) is 5.73 Å². The van der Waals surface area contributed by atoms with E-state index < -0.39 is 10.5 Å². The molecular weight excluding hydrogens is 208 g/mol. The summed E-state index contributed by atoms with van der Waals surface area (Å²) in [5, 5.41) is 11.0. The molecule has 16 heavy (non-hydrogen) atoms. The highest BCUT2D eigenvalue weighted by Gasteiger charge is 2.32. The van der Waals surface area contributed by atoms with E-state index >= 15 is 0 Å². The van der Waals surface area contributed by atoms with E-state index in [1.165, 1.54) is 7.11 Å². The lowest BCUT2D eigenvalue weighted by atomic mass is 9.92. The Hall–Kier alpha value is -1.46. The molecule has 0 saturated carbocycles. The molecule has 0 amide bonds. The number of nitro benzene ring substituents is 1. The third-order valence-corrected chi connectivity index (χ3v) is 2.83. The Morgan fingerprint density at radius 2 is 2.19 bits per heavy atom. The first-order chi connectivity index (χ1) is 7.46. The van der Waals surface area contributed by atoms with Gasteiger partial charge < -0.3 is 10.5 Å². The van der Waals surface area contributed by atoms with Gasteiger partial charge in [-0.1, -0.05) is 12.1 Å². The van der Waals surface area contributed by atoms with E-state index in [9.17, 15) is 10.1 Å². The molecule has 0 aliphatic heterocycles. The van der Waals surface area contributed by atoms with E-state index in [1.807, 2.05) is 0 Å². The Morgan fingerprint density at radius 3 is 2.62 bits per heavy atom. The van der Waals surface area contributed by atoms with Crippen molar-refractivity contribution in [1.82, 2.24) is 0 Å². The topological polar surface area (TPSA) is 78.4 Å². The summed E-state index contributed by atoms with van der Waals surface area (Å²) in [7, 11) is 1.50. The van der Waals surface area contributed by atoms with Crippen molar-refractivity contribution in [2.75, 3.05) is 13.7 Å². The Bertz CT molecular complexity index is 400. The van der Waals surface area contributed by atoms with Crippen LogP contribution < -0.4 is 5.73 Å². The van der Waals surface area contributed by atoms with Crippen LogP contribution in [0.2, 0.25) is 0 Å². The van der Waals surface area contributed by atoms with Gasteiger partial charge in [0, 0.05) is 19.2 Å². The van der Waals surface area contributed by atoms with Crippen LogP contribution in [0.15, 0.2) is 18.2 Å².